The number of nitrogens with zero attached hydrogens (tertiary/aromatic N) is 1. The van der Waals surface area contributed by atoms with Gasteiger partial charge in [-0.25, -0.2) is 4.79 Å². The van der Waals surface area contributed by atoms with Crippen LogP contribution in [0.3, 0.4) is 0 Å². The molecule has 16 heteroatoms. The average molecular weight is 523 g/mol. The molecule has 194 valence electrons. The van der Waals surface area contributed by atoms with Gasteiger partial charge in [0.25, 0.3) is 0 Å². The highest BCUT2D eigenvalue weighted by molar-refractivity contribution is 7.98. The van der Waals surface area contributed by atoms with E-state index in [0.717, 1.165) is 0 Å². The summed E-state index contributed by atoms with van der Waals surface area (Å²) in [6, 6.07) is -4.70. The zero-order chi connectivity index (χ0) is 26.3. The second-order valence-electron chi connectivity index (χ2n) is 7.21. The molecule has 4 atom stereocenters. The maximum Gasteiger partial charge on any atom is 0.326 e. The third kappa shape index (κ3) is 13.1. The van der Waals surface area contributed by atoms with Crippen molar-refractivity contribution >= 4 is 59.9 Å². The van der Waals surface area contributed by atoms with Crippen LogP contribution in [0.5, 0.6) is 0 Å². The van der Waals surface area contributed by atoms with Crippen molar-refractivity contribution < 1.29 is 29.1 Å². The van der Waals surface area contributed by atoms with Gasteiger partial charge in [0.1, 0.15) is 18.1 Å². The smallest absolute Gasteiger partial charge is 0.326 e. The van der Waals surface area contributed by atoms with E-state index in [1.165, 1.54) is 11.8 Å². The number of nitrogens with two attached hydrogens (primary N) is 4. The fraction of sp³-hybridized carbons (Fsp3) is 0.667. The van der Waals surface area contributed by atoms with Crippen molar-refractivity contribution in [3.05, 3.63) is 0 Å². The van der Waals surface area contributed by atoms with Crippen molar-refractivity contribution in [1.82, 2.24) is 16.0 Å². The molecule has 0 aromatic heterocycles. The number of aliphatic imine (C=N–C) groups is 1. The van der Waals surface area contributed by atoms with Crippen LogP contribution in [-0.4, -0.2) is 89.1 Å². The minimum absolute atomic E-state index is 0.0508. The number of nitrogens with one attached hydrogen (secondary N) is 3. The highest BCUT2D eigenvalue weighted by Gasteiger charge is 2.29. The normalized spacial score (nSPS) is 14.1. The van der Waals surface area contributed by atoms with Crippen LogP contribution < -0.4 is 38.9 Å². The maximum absolute atomic E-state index is 12.8. The van der Waals surface area contributed by atoms with E-state index < -0.39 is 60.2 Å². The monoisotopic (exact) mass is 522 g/mol. The van der Waals surface area contributed by atoms with Gasteiger partial charge in [0.15, 0.2) is 5.96 Å². The summed E-state index contributed by atoms with van der Waals surface area (Å²) in [6.07, 6.45) is 1.96. The van der Waals surface area contributed by atoms with Crippen molar-refractivity contribution in [1.29, 1.82) is 0 Å². The number of hydrogen-bond donors (Lipinski definition) is 9. The first-order valence-corrected chi connectivity index (χ1v) is 12.3. The lowest BCUT2D eigenvalue weighted by Gasteiger charge is -2.24. The van der Waals surface area contributed by atoms with Gasteiger partial charge in [-0.15, -0.1) is 0 Å². The van der Waals surface area contributed by atoms with E-state index in [-0.39, 0.29) is 31.1 Å². The van der Waals surface area contributed by atoms with Crippen molar-refractivity contribution in [3.63, 3.8) is 0 Å². The number of guanidine groups is 1. The second kappa shape index (κ2) is 16.8. The minimum atomic E-state index is -1.27. The lowest BCUT2D eigenvalue weighted by atomic mass is 10.1. The molecule has 0 aromatic carbocycles. The zero-order valence-corrected chi connectivity index (χ0v) is 20.6. The number of thioether (sulfide) groups is 1. The Kier molecular flexibility index (Phi) is 15.5. The third-order valence-corrected chi connectivity index (χ3v) is 5.39. The summed E-state index contributed by atoms with van der Waals surface area (Å²) in [5.41, 5.74) is 21.1. The Bertz CT molecular complexity index is 750. The molecule has 34 heavy (non-hydrogen) atoms. The van der Waals surface area contributed by atoms with E-state index in [1.807, 2.05) is 0 Å². The summed E-state index contributed by atoms with van der Waals surface area (Å²) in [6.45, 7) is 0.184. The van der Waals surface area contributed by atoms with E-state index in [0.29, 0.717) is 12.2 Å². The Morgan fingerprint density at radius 3 is 2.00 bits per heavy atom. The predicted molar refractivity (Wildman–Crippen MR) is 132 cm³/mol. The number of primary amides is 1. The summed E-state index contributed by atoms with van der Waals surface area (Å²) in [5, 5.41) is 16.6. The second-order valence-corrected chi connectivity index (χ2v) is 8.56. The van der Waals surface area contributed by atoms with Gasteiger partial charge in [0.2, 0.25) is 23.6 Å². The Morgan fingerprint density at radius 1 is 0.941 bits per heavy atom. The molecule has 0 fully saturated rings. The molecule has 0 saturated carbocycles. The molecule has 0 rings (SSSR count). The van der Waals surface area contributed by atoms with E-state index in [2.05, 4.69) is 33.6 Å². The lowest BCUT2D eigenvalue weighted by Crippen LogP contribution is -2.58. The quantitative estimate of drug-likeness (QED) is 0.0393. The molecule has 0 saturated heterocycles. The molecule has 0 bridgehead atoms. The largest absolute Gasteiger partial charge is 0.480 e. The molecule has 4 unspecified atom stereocenters. The number of carboxylic acid groups (broad SMARTS) is 1. The molecule has 0 spiro atoms. The molecule has 12 N–H and O–H groups in total. The van der Waals surface area contributed by atoms with Gasteiger partial charge in [-0.1, -0.05) is 0 Å². The Labute approximate surface area is 207 Å². The van der Waals surface area contributed by atoms with E-state index in [9.17, 15) is 29.1 Å². The Balaban J connectivity index is 5.16. The van der Waals surface area contributed by atoms with Crippen LogP contribution in [0, 0.1) is 0 Å². The average Bonchev–Trinajstić information content (AvgIpc) is 2.75. The number of rotatable bonds is 17. The summed E-state index contributed by atoms with van der Waals surface area (Å²) < 4.78 is 0. The summed E-state index contributed by atoms with van der Waals surface area (Å²) in [7, 11) is 0. The fourth-order valence-electron chi connectivity index (χ4n) is 2.59. The van der Waals surface area contributed by atoms with E-state index >= 15 is 0 Å². The van der Waals surface area contributed by atoms with Gasteiger partial charge >= 0.3 is 5.97 Å². The van der Waals surface area contributed by atoms with Crippen molar-refractivity contribution in [3.8, 4) is 0 Å². The molecular formula is C18H34N8O6S2. The summed E-state index contributed by atoms with van der Waals surface area (Å²) >= 11 is 5.49. The first-order valence-electron chi connectivity index (χ1n) is 10.3. The number of amides is 4. The van der Waals surface area contributed by atoms with Crippen LogP contribution in [0.2, 0.25) is 0 Å². The number of aliphatic carboxylic acids is 1. The van der Waals surface area contributed by atoms with Gasteiger partial charge in [-0.3, -0.25) is 24.2 Å². The number of carbonyl (C=O) groups excluding carboxylic acids is 4. The van der Waals surface area contributed by atoms with E-state index in [4.69, 9.17) is 22.9 Å². The van der Waals surface area contributed by atoms with Gasteiger partial charge in [-0.05, 0) is 31.3 Å². The zero-order valence-electron chi connectivity index (χ0n) is 18.9. The molecule has 4 amide bonds. The van der Waals surface area contributed by atoms with Gasteiger partial charge < -0.3 is 44.0 Å². The highest BCUT2D eigenvalue weighted by atomic mass is 32.2. The fourth-order valence-corrected chi connectivity index (χ4v) is 3.32. The lowest BCUT2D eigenvalue weighted by molar-refractivity contribution is -0.142. The SMILES string of the molecule is CSCCC(NC(=O)C(N)CC(N)=O)C(=O)NC(CS)C(=O)NC(CCCN=C(N)N)C(=O)O. The number of carboxylic acids is 1. The van der Waals surface area contributed by atoms with Crippen LogP contribution >= 0.6 is 24.4 Å². The highest BCUT2D eigenvalue weighted by Crippen LogP contribution is 2.04. The topological polar surface area (TPSA) is 258 Å². The number of thiol groups is 1. The Morgan fingerprint density at radius 2 is 1.50 bits per heavy atom. The Hall–Kier alpha value is -2.72. The van der Waals surface area contributed by atoms with Crippen LogP contribution in [0.25, 0.3) is 0 Å². The molecule has 0 radical (unpaired) electrons. The standard InChI is InChI=1S/C18H34N8O6S2/c1-34-6-4-10(24-14(28)9(19)7-13(20)27)15(29)26-12(8-33)16(30)25-11(17(31)32)3-2-5-23-18(21)22/h9-12,33H,2-8,19H2,1H3,(H2,20,27)(H,24,28)(H,25,30)(H,26,29)(H,31,32)(H4,21,22,23). The maximum atomic E-state index is 12.8. The first kappa shape index (κ1) is 31.3. The number of carbonyl (C=O) groups is 5. The van der Waals surface area contributed by atoms with Gasteiger partial charge in [0.05, 0.1) is 12.5 Å². The molecule has 0 aliphatic carbocycles. The first-order chi connectivity index (χ1) is 15.9. The van der Waals surface area contributed by atoms with Crippen molar-refractivity contribution in [2.24, 2.45) is 27.9 Å². The van der Waals surface area contributed by atoms with Crippen LogP contribution in [0.4, 0.5) is 0 Å². The van der Waals surface area contributed by atoms with Gasteiger partial charge in [0, 0.05) is 12.3 Å². The molecular weight excluding hydrogens is 488 g/mol. The van der Waals surface area contributed by atoms with Crippen LogP contribution in [0.1, 0.15) is 25.7 Å². The van der Waals surface area contributed by atoms with Gasteiger partial charge in [-0.2, -0.15) is 24.4 Å². The third-order valence-electron chi connectivity index (χ3n) is 4.38. The predicted octanol–water partition coefficient (Wildman–Crippen LogP) is -3.54. The van der Waals surface area contributed by atoms with Crippen LogP contribution in [0.15, 0.2) is 4.99 Å². The molecule has 0 aromatic rings. The molecule has 14 nitrogen and oxygen atoms in total. The van der Waals surface area contributed by atoms with Crippen molar-refractivity contribution in [2.75, 3.05) is 24.3 Å². The summed E-state index contributed by atoms with van der Waals surface area (Å²) in [5.74, 6) is -4.02. The molecule has 0 aliphatic heterocycles. The molecule has 0 aliphatic rings. The molecule has 0 heterocycles. The summed E-state index contributed by atoms with van der Waals surface area (Å²) in [4.78, 5) is 63.8. The van der Waals surface area contributed by atoms with Crippen molar-refractivity contribution in [2.45, 2.75) is 49.9 Å². The van der Waals surface area contributed by atoms with Crippen LogP contribution in [-0.2, 0) is 24.0 Å². The minimum Gasteiger partial charge on any atom is -0.480 e. The number of hydrogen-bond acceptors (Lipinski definition) is 9. The van der Waals surface area contributed by atoms with E-state index in [1.54, 1.807) is 6.26 Å².